The average Bonchev–Trinajstić information content (AvgIpc) is 2.19. The van der Waals surface area contributed by atoms with Crippen molar-refractivity contribution in [2.45, 2.75) is 19.3 Å². The van der Waals surface area contributed by atoms with E-state index in [1.54, 1.807) is 6.20 Å². The lowest BCUT2D eigenvalue weighted by atomic mass is 10.2. The van der Waals surface area contributed by atoms with Crippen LogP contribution in [0.3, 0.4) is 0 Å². The SMILES string of the molecule is Clc1nccc(NN2CCCCC2)n1. The molecule has 4 nitrogen and oxygen atoms in total. The van der Waals surface area contributed by atoms with Crippen LogP contribution in [0.15, 0.2) is 12.3 Å². The zero-order valence-corrected chi connectivity index (χ0v) is 8.67. The fourth-order valence-electron chi connectivity index (χ4n) is 1.56. The lowest BCUT2D eigenvalue weighted by molar-refractivity contribution is 0.272. The number of nitrogens with one attached hydrogen (secondary N) is 1. The summed E-state index contributed by atoms with van der Waals surface area (Å²) in [5, 5.41) is 2.45. The van der Waals surface area contributed by atoms with Crippen molar-refractivity contribution in [2.24, 2.45) is 0 Å². The molecule has 5 heteroatoms. The van der Waals surface area contributed by atoms with E-state index in [0.717, 1.165) is 18.9 Å². The molecule has 2 heterocycles. The lowest BCUT2D eigenvalue weighted by Gasteiger charge is -2.27. The minimum atomic E-state index is 0.284. The van der Waals surface area contributed by atoms with Crippen LogP contribution < -0.4 is 5.43 Å². The lowest BCUT2D eigenvalue weighted by Crippen LogP contribution is -2.35. The number of anilines is 1. The van der Waals surface area contributed by atoms with Crippen molar-refractivity contribution >= 4 is 17.4 Å². The summed E-state index contributed by atoms with van der Waals surface area (Å²) in [6.07, 6.45) is 5.46. The van der Waals surface area contributed by atoms with E-state index in [-0.39, 0.29) is 5.28 Å². The van der Waals surface area contributed by atoms with E-state index < -0.39 is 0 Å². The van der Waals surface area contributed by atoms with Gasteiger partial charge in [-0.05, 0) is 24.4 Å². The van der Waals surface area contributed by atoms with Crippen molar-refractivity contribution in [3.05, 3.63) is 17.5 Å². The van der Waals surface area contributed by atoms with E-state index in [9.17, 15) is 0 Å². The topological polar surface area (TPSA) is 41.1 Å². The van der Waals surface area contributed by atoms with Gasteiger partial charge in [-0.3, -0.25) is 0 Å². The fraction of sp³-hybridized carbons (Fsp3) is 0.556. The molecule has 1 N–H and O–H groups in total. The quantitative estimate of drug-likeness (QED) is 0.761. The summed E-state index contributed by atoms with van der Waals surface area (Å²) in [7, 11) is 0. The number of hydrogen-bond donors (Lipinski definition) is 1. The number of hydrogen-bond acceptors (Lipinski definition) is 4. The fourth-order valence-corrected chi connectivity index (χ4v) is 1.71. The Balaban J connectivity index is 1.95. The van der Waals surface area contributed by atoms with Crippen molar-refractivity contribution in [3.63, 3.8) is 0 Å². The van der Waals surface area contributed by atoms with Gasteiger partial charge in [-0.25, -0.2) is 9.99 Å². The molecule has 0 saturated carbocycles. The van der Waals surface area contributed by atoms with Crippen LogP contribution in [0.2, 0.25) is 5.28 Å². The van der Waals surface area contributed by atoms with Gasteiger partial charge in [-0.15, -0.1) is 0 Å². The molecule has 76 valence electrons. The van der Waals surface area contributed by atoms with E-state index >= 15 is 0 Å². The van der Waals surface area contributed by atoms with Crippen LogP contribution in [0.4, 0.5) is 5.82 Å². The first kappa shape index (κ1) is 9.68. The molecule has 1 aromatic rings. The van der Waals surface area contributed by atoms with Gasteiger partial charge in [0.2, 0.25) is 5.28 Å². The van der Waals surface area contributed by atoms with Gasteiger partial charge < -0.3 is 5.43 Å². The van der Waals surface area contributed by atoms with E-state index in [2.05, 4.69) is 20.4 Å². The highest BCUT2D eigenvalue weighted by atomic mass is 35.5. The van der Waals surface area contributed by atoms with E-state index in [1.165, 1.54) is 19.3 Å². The van der Waals surface area contributed by atoms with Gasteiger partial charge in [0, 0.05) is 25.4 Å². The number of piperidine rings is 1. The van der Waals surface area contributed by atoms with Gasteiger partial charge >= 0.3 is 0 Å². The second kappa shape index (κ2) is 4.57. The maximum absolute atomic E-state index is 5.68. The smallest absolute Gasteiger partial charge is 0.224 e. The number of nitrogens with zero attached hydrogens (tertiary/aromatic N) is 3. The molecule has 1 aromatic heterocycles. The number of rotatable bonds is 2. The van der Waals surface area contributed by atoms with Gasteiger partial charge in [0.25, 0.3) is 0 Å². The van der Waals surface area contributed by atoms with E-state index in [0.29, 0.717) is 0 Å². The minimum Gasteiger partial charge on any atom is -0.303 e. The predicted octanol–water partition coefficient (Wildman–Crippen LogP) is 1.94. The highest BCUT2D eigenvalue weighted by molar-refractivity contribution is 6.28. The normalized spacial score (nSPS) is 18.1. The molecular formula is C9H13ClN4. The third kappa shape index (κ3) is 2.56. The molecule has 14 heavy (non-hydrogen) atoms. The maximum Gasteiger partial charge on any atom is 0.224 e. The van der Waals surface area contributed by atoms with E-state index in [1.807, 2.05) is 6.07 Å². The van der Waals surface area contributed by atoms with Gasteiger partial charge in [0.15, 0.2) is 0 Å². The van der Waals surface area contributed by atoms with Crippen molar-refractivity contribution in [3.8, 4) is 0 Å². The first-order chi connectivity index (χ1) is 6.84. The predicted molar refractivity (Wildman–Crippen MR) is 56.1 cm³/mol. The Hall–Kier alpha value is -0.870. The Morgan fingerprint density at radius 2 is 2.07 bits per heavy atom. The number of hydrazine groups is 1. The average molecular weight is 213 g/mol. The summed E-state index contributed by atoms with van der Waals surface area (Å²) in [5.41, 5.74) is 3.22. The highest BCUT2D eigenvalue weighted by Gasteiger charge is 2.09. The third-order valence-corrected chi connectivity index (χ3v) is 2.44. The van der Waals surface area contributed by atoms with Gasteiger partial charge in [0.05, 0.1) is 0 Å². The molecule has 0 atom stereocenters. The standard InChI is InChI=1S/C9H13ClN4/c10-9-11-5-4-8(12-9)13-14-6-2-1-3-7-14/h4-5H,1-3,6-7H2,(H,11,12,13). The summed E-state index contributed by atoms with van der Waals surface area (Å²) in [4.78, 5) is 7.90. The molecule has 0 aromatic carbocycles. The Kier molecular flexibility index (Phi) is 3.16. The van der Waals surface area contributed by atoms with Crippen LogP contribution >= 0.6 is 11.6 Å². The third-order valence-electron chi connectivity index (χ3n) is 2.25. The zero-order chi connectivity index (χ0) is 9.80. The first-order valence-corrected chi connectivity index (χ1v) is 5.22. The Bertz CT molecular complexity index is 299. The van der Waals surface area contributed by atoms with Gasteiger partial charge in [-0.2, -0.15) is 4.98 Å². The van der Waals surface area contributed by atoms with Crippen molar-refractivity contribution < 1.29 is 0 Å². The van der Waals surface area contributed by atoms with Gasteiger partial charge in [-0.1, -0.05) is 6.42 Å². The Morgan fingerprint density at radius 3 is 2.79 bits per heavy atom. The largest absolute Gasteiger partial charge is 0.303 e. The second-order valence-electron chi connectivity index (χ2n) is 3.37. The van der Waals surface area contributed by atoms with Crippen LogP contribution in [0.1, 0.15) is 19.3 Å². The molecule has 0 spiro atoms. The summed E-state index contributed by atoms with van der Waals surface area (Å²) in [6.45, 7) is 2.14. The Labute approximate surface area is 88.3 Å². The molecule has 1 aliphatic heterocycles. The van der Waals surface area contributed by atoms with Crippen molar-refractivity contribution in [1.82, 2.24) is 15.0 Å². The van der Waals surface area contributed by atoms with Crippen LogP contribution in [-0.2, 0) is 0 Å². The molecular weight excluding hydrogens is 200 g/mol. The van der Waals surface area contributed by atoms with Crippen molar-refractivity contribution in [1.29, 1.82) is 0 Å². The van der Waals surface area contributed by atoms with Crippen LogP contribution in [-0.4, -0.2) is 28.1 Å². The van der Waals surface area contributed by atoms with Crippen molar-refractivity contribution in [2.75, 3.05) is 18.5 Å². The molecule has 0 radical (unpaired) electrons. The van der Waals surface area contributed by atoms with Gasteiger partial charge in [0.1, 0.15) is 5.82 Å². The zero-order valence-electron chi connectivity index (χ0n) is 7.91. The monoisotopic (exact) mass is 212 g/mol. The highest BCUT2D eigenvalue weighted by Crippen LogP contribution is 2.11. The molecule has 1 saturated heterocycles. The Morgan fingerprint density at radius 1 is 1.29 bits per heavy atom. The summed E-state index contributed by atoms with van der Waals surface area (Å²) < 4.78 is 0. The van der Waals surface area contributed by atoms with E-state index in [4.69, 9.17) is 11.6 Å². The van der Waals surface area contributed by atoms with Crippen LogP contribution in [0, 0.1) is 0 Å². The maximum atomic E-state index is 5.68. The molecule has 1 fully saturated rings. The number of aromatic nitrogens is 2. The summed E-state index contributed by atoms with van der Waals surface area (Å²) >= 11 is 5.68. The molecule has 1 aliphatic rings. The van der Waals surface area contributed by atoms with Crippen LogP contribution in [0.5, 0.6) is 0 Å². The minimum absolute atomic E-state index is 0.284. The molecule has 0 unspecified atom stereocenters. The number of halogens is 1. The molecule has 0 bridgehead atoms. The molecule has 0 aliphatic carbocycles. The van der Waals surface area contributed by atoms with Crippen LogP contribution in [0.25, 0.3) is 0 Å². The molecule has 0 amide bonds. The first-order valence-electron chi connectivity index (χ1n) is 4.85. The molecule has 2 rings (SSSR count). The summed E-state index contributed by atoms with van der Waals surface area (Å²) in [5.74, 6) is 0.770. The second-order valence-corrected chi connectivity index (χ2v) is 3.71. The summed E-state index contributed by atoms with van der Waals surface area (Å²) in [6, 6.07) is 1.82.